The van der Waals surface area contributed by atoms with Gasteiger partial charge in [0.1, 0.15) is 5.75 Å². The number of nitrogens with zero attached hydrogens (tertiary/aromatic N) is 2. The molecular formula is C19H17F3N4OS. The van der Waals surface area contributed by atoms with Gasteiger partial charge < -0.3 is 15.4 Å². The molecule has 0 amide bonds. The first-order chi connectivity index (χ1) is 13.3. The number of aromatic nitrogens is 2. The molecule has 3 aromatic rings. The van der Waals surface area contributed by atoms with E-state index in [1.165, 1.54) is 10.7 Å². The molecule has 0 radical (unpaired) electrons. The number of rotatable bonds is 5. The van der Waals surface area contributed by atoms with Crippen LogP contribution < -0.4 is 15.4 Å². The third-order valence-electron chi connectivity index (χ3n) is 3.82. The summed E-state index contributed by atoms with van der Waals surface area (Å²) in [5, 5.41) is 10.5. The summed E-state index contributed by atoms with van der Waals surface area (Å²) in [6, 6.07) is 12.5. The highest BCUT2D eigenvalue weighted by Gasteiger charge is 2.30. The number of benzene rings is 2. The Morgan fingerprint density at radius 2 is 1.86 bits per heavy atom. The van der Waals surface area contributed by atoms with Gasteiger partial charge in [-0.25, -0.2) is 0 Å². The number of methoxy groups -OCH3 is 1. The second kappa shape index (κ2) is 8.30. The average Bonchev–Trinajstić information content (AvgIpc) is 3.08. The van der Waals surface area contributed by atoms with E-state index in [1.54, 1.807) is 31.6 Å². The van der Waals surface area contributed by atoms with Crippen LogP contribution >= 0.6 is 12.2 Å². The Labute approximate surface area is 165 Å². The van der Waals surface area contributed by atoms with E-state index in [0.717, 1.165) is 17.8 Å². The van der Waals surface area contributed by atoms with Gasteiger partial charge in [-0.05, 0) is 42.0 Å². The van der Waals surface area contributed by atoms with E-state index < -0.39 is 11.7 Å². The van der Waals surface area contributed by atoms with Crippen molar-refractivity contribution in [1.29, 1.82) is 0 Å². The van der Waals surface area contributed by atoms with Crippen LogP contribution in [0.25, 0.3) is 0 Å². The number of alkyl halides is 3. The van der Waals surface area contributed by atoms with Gasteiger partial charge in [0.2, 0.25) is 0 Å². The Bertz CT molecular complexity index is 972. The van der Waals surface area contributed by atoms with Gasteiger partial charge in [0, 0.05) is 18.0 Å². The predicted molar refractivity (Wildman–Crippen MR) is 106 cm³/mol. The van der Waals surface area contributed by atoms with Crippen molar-refractivity contribution in [3.8, 4) is 5.75 Å². The monoisotopic (exact) mass is 406 g/mol. The van der Waals surface area contributed by atoms with E-state index in [2.05, 4.69) is 15.7 Å². The minimum absolute atomic E-state index is 0.210. The van der Waals surface area contributed by atoms with Crippen molar-refractivity contribution >= 4 is 28.7 Å². The molecule has 1 heterocycles. The highest BCUT2D eigenvalue weighted by Crippen LogP contribution is 2.29. The molecule has 0 bridgehead atoms. The molecule has 0 aliphatic heterocycles. The molecule has 0 spiro atoms. The van der Waals surface area contributed by atoms with Crippen LogP contribution in [0.3, 0.4) is 0 Å². The third kappa shape index (κ3) is 5.23. The lowest BCUT2D eigenvalue weighted by Crippen LogP contribution is -2.18. The molecule has 1 aromatic heterocycles. The average molecular weight is 406 g/mol. The van der Waals surface area contributed by atoms with Crippen LogP contribution in [0.5, 0.6) is 5.75 Å². The van der Waals surface area contributed by atoms with Crippen LogP contribution in [0.2, 0.25) is 0 Å². The maximum atomic E-state index is 12.8. The molecule has 9 heteroatoms. The van der Waals surface area contributed by atoms with Gasteiger partial charge in [-0.3, -0.25) is 4.68 Å². The van der Waals surface area contributed by atoms with E-state index in [0.29, 0.717) is 22.1 Å². The topological polar surface area (TPSA) is 51.1 Å². The maximum Gasteiger partial charge on any atom is 0.416 e. The minimum atomic E-state index is -4.37. The molecule has 5 nitrogen and oxygen atoms in total. The Balaban J connectivity index is 1.62. The zero-order valence-electron chi connectivity index (χ0n) is 14.8. The summed E-state index contributed by atoms with van der Waals surface area (Å²) in [4.78, 5) is 0. The third-order valence-corrected chi connectivity index (χ3v) is 4.02. The van der Waals surface area contributed by atoms with E-state index in [9.17, 15) is 13.2 Å². The summed E-state index contributed by atoms with van der Waals surface area (Å²) in [5.74, 6) is 0.696. The molecule has 2 aromatic carbocycles. The minimum Gasteiger partial charge on any atom is -0.497 e. The zero-order valence-corrected chi connectivity index (χ0v) is 15.6. The smallest absolute Gasteiger partial charge is 0.416 e. The van der Waals surface area contributed by atoms with Crippen LogP contribution in [-0.2, 0) is 12.7 Å². The molecular weight excluding hydrogens is 389 g/mol. The van der Waals surface area contributed by atoms with Crippen molar-refractivity contribution < 1.29 is 17.9 Å². The Kier molecular flexibility index (Phi) is 5.84. The van der Waals surface area contributed by atoms with Gasteiger partial charge in [0.25, 0.3) is 0 Å². The lowest BCUT2D eigenvalue weighted by Gasteiger charge is -2.10. The summed E-state index contributed by atoms with van der Waals surface area (Å²) in [6.07, 6.45) is -1.15. The van der Waals surface area contributed by atoms with E-state index in [4.69, 9.17) is 17.0 Å². The van der Waals surface area contributed by atoms with Crippen LogP contribution in [0.1, 0.15) is 11.1 Å². The molecule has 0 aliphatic rings. The molecule has 0 unspecified atom stereocenters. The molecule has 0 fully saturated rings. The van der Waals surface area contributed by atoms with Gasteiger partial charge in [-0.15, -0.1) is 0 Å². The molecule has 146 valence electrons. The molecule has 0 aliphatic carbocycles. The van der Waals surface area contributed by atoms with Gasteiger partial charge in [-0.2, -0.15) is 18.3 Å². The number of hydrogen-bond donors (Lipinski definition) is 2. The zero-order chi connectivity index (χ0) is 20.1. The quantitative estimate of drug-likeness (QED) is 0.598. The normalized spacial score (nSPS) is 11.1. The van der Waals surface area contributed by atoms with Crippen molar-refractivity contribution in [3.05, 3.63) is 72.1 Å². The molecule has 2 N–H and O–H groups in total. The van der Waals surface area contributed by atoms with Crippen molar-refractivity contribution in [2.45, 2.75) is 12.7 Å². The van der Waals surface area contributed by atoms with Crippen LogP contribution in [0, 0.1) is 0 Å². The second-order valence-electron chi connectivity index (χ2n) is 5.94. The van der Waals surface area contributed by atoms with Gasteiger partial charge >= 0.3 is 6.18 Å². The highest BCUT2D eigenvalue weighted by atomic mass is 32.1. The van der Waals surface area contributed by atoms with Gasteiger partial charge in [0.05, 0.1) is 31.1 Å². The molecule has 0 saturated carbocycles. The standard InChI is InChI=1S/C19H17F3N4OS/c1-27-17-7-3-6-15(9-17)24-18(28)25-16-10-23-26(12-16)11-13-4-2-5-14(8-13)19(20,21)22/h2-10,12H,11H2,1H3,(H2,24,25,28). The fourth-order valence-electron chi connectivity index (χ4n) is 2.54. The van der Waals surface area contributed by atoms with Crippen LogP contribution in [-0.4, -0.2) is 22.0 Å². The molecule has 28 heavy (non-hydrogen) atoms. The van der Waals surface area contributed by atoms with Crippen molar-refractivity contribution in [3.63, 3.8) is 0 Å². The summed E-state index contributed by atoms with van der Waals surface area (Å²) in [6.45, 7) is 0.210. The Morgan fingerprint density at radius 1 is 1.11 bits per heavy atom. The van der Waals surface area contributed by atoms with Crippen molar-refractivity contribution in [1.82, 2.24) is 9.78 Å². The fourth-order valence-corrected chi connectivity index (χ4v) is 2.78. The first-order valence-corrected chi connectivity index (χ1v) is 8.65. The van der Waals surface area contributed by atoms with Crippen LogP contribution in [0.15, 0.2) is 60.9 Å². The lowest BCUT2D eigenvalue weighted by molar-refractivity contribution is -0.137. The SMILES string of the molecule is COc1cccc(NC(=S)Nc2cnn(Cc3cccc(C(F)(F)F)c3)c2)c1. The highest BCUT2D eigenvalue weighted by molar-refractivity contribution is 7.80. The molecule has 0 saturated heterocycles. The number of thiocarbonyl (C=S) groups is 1. The Morgan fingerprint density at radius 3 is 2.61 bits per heavy atom. The summed E-state index contributed by atoms with van der Waals surface area (Å²) >= 11 is 5.27. The van der Waals surface area contributed by atoms with Crippen molar-refractivity contribution in [2.75, 3.05) is 17.7 Å². The largest absolute Gasteiger partial charge is 0.497 e. The summed E-state index contributed by atoms with van der Waals surface area (Å²) < 4.78 is 45.1. The van der Waals surface area contributed by atoms with E-state index in [1.807, 2.05) is 18.2 Å². The molecule has 3 rings (SSSR count). The van der Waals surface area contributed by atoms with E-state index >= 15 is 0 Å². The van der Waals surface area contributed by atoms with Crippen LogP contribution in [0.4, 0.5) is 24.5 Å². The number of anilines is 2. The fraction of sp³-hybridized carbons (Fsp3) is 0.158. The molecule has 0 atom stereocenters. The first-order valence-electron chi connectivity index (χ1n) is 8.24. The number of halogens is 3. The maximum absolute atomic E-state index is 12.8. The van der Waals surface area contributed by atoms with Crippen molar-refractivity contribution in [2.24, 2.45) is 0 Å². The lowest BCUT2D eigenvalue weighted by atomic mass is 10.1. The summed E-state index contributed by atoms with van der Waals surface area (Å²) in [7, 11) is 1.58. The first kappa shape index (κ1) is 19.7. The second-order valence-corrected chi connectivity index (χ2v) is 6.34. The summed E-state index contributed by atoms with van der Waals surface area (Å²) in [5.41, 5.74) is 1.20. The Hall–Kier alpha value is -3.07. The van der Waals surface area contributed by atoms with Gasteiger partial charge in [-0.1, -0.05) is 18.2 Å². The number of ether oxygens (including phenoxy) is 1. The van der Waals surface area contributed by atoms with Gasteiger partial charge in [0.15, 0.2) is 5.11 Å². The van der Waals surface area contributed by atoms with E-state index in [-0.39, 0.29) is 6.54 Å². The number of hydrogen-bond acceptors (Lipinski definition) is 3. The number of nitrogens with one attached hydrogen (secondary N) is 2. The predicted octanol–water partition coefficient (Wildman–Crippen LogP) is 4.77.